The molecule has 3 rings (SSSR count). The van der Waals surface area contributed by atoms with Gasteiger partial charge in [0.05, 0.1) is 0 Å². The maximum Gasteiger partial charge on any atom is 0.251 e. The SMILES string of the molecule is O=C([C@H]1CCCO1)N1CCN(C(=S)NCCc2ccccc2)CC1. The summed E-state index contributed by atoms with van der Waals surface area (Å²) in [6.07, 6.45) is 2.59. The highest BCUT2D eigenvalue weighted by Gasteiger charge is 2.30. The zero-order valence-electron chi connectivity index (χ0n) is 13.9. The van der Waals surface area contributed by atoms with Crippen molar-refractivity contribution in [2.75, 3.05) is 39.3 Å². The highest BCUT2D eigenvalue weighted by molar-refractivity contribution is 7.80. The summed E-state index contributed by atoms with van der Waals surface area (Å²) in [6.45, 7) is 4.56. The van der Waals surface area contributed by atoms with Gasteiger partial charge < -0.3 is 19.9 Å². The van der Waals surface area contributed by atoms with Gasteiger partial charge in [-0.3, -0.25) is 4.79 Å². The molecular weight excluding hydrogens is 322 g/mol. The Hall–Kier alpha value is -1.66. The predicted octanol–water partition coefficient (Wildman–Crippen LogP) is 1.43. The predicted molar refractivity (Wildman–Crippen MR) is 97.9 cm³/mol. The Morgan fingerprint density at radius 1 is 1.17 bits per heavy atom. The van der Waals surface area contributed by atoms with Gasteiger partial charge in [-0.2, -0.15) is 0 Å². The van der Waals surface area contributed by atoms with Gasteiger partial charge in [-0.1, -0.05) is 30.3 Å². The molecule has 2 heterocycles. The third kappa shape index (κ3) is 4.45. The first-order valence-corrected chi connectivity index (χ1v) is 9.12. The number of carbonyl (C=O) groups excluding carboxylic acids is 1. The van der Waals surface area contributed by atoms with Crippen LogP contribution in [0.4, 0.5) is 0 Å². The summed E-state index contributed by atoms with van der Waals surface area (Å²) in [6, 6.07) is 10.4. The van der Waals surface area contributed by atoms with Gasteiger partial charge in [-0.05, 0) is 37.0 Å². The highest BCUT2D eigenvalue weighted by atomic mass is 32.1. The van der Waals surface area contributed by atoms with Crippen LogP contribution in [-0.4, -0.2) is 66.3 Å². The van der Waals surface area contributed by atoms with Crippen molar-refractivity contribution in [1.29, 1.82) is 0 Å². The molecule has 0 radical (unpaired) electrons. The normalized spacial score (nSPS) is 20.9. The van der Waals surface area contributed by atoms with Crippen molar-refractivity contribution < 1.29 is 9.53 Å². The third-order valence-electron chi connectivity index (χ3n) is 4.62. The zero-order chi connectivity index (χ0) is 16.8. The van der Waals surface area contributed by atoms with Crippen molar-refractivity contribution in [3.05, 3.63) is 35.9 Å². The van der Waals surface area contributed by atoms with E-state index in [4.69, 9.17) is 17.0 Å². The Kier molecular flexibility index (Phi) is 6.04. The number of hydrogen-bond acceptors (Lipinski definition) is 3. The number of piperazine rings is 1. The number of ether oxygens (including phenoxy) is 1. The molecule has 0 bridgehead atoms. The number of carbonyl (C=O) groups is 1. The largest absolute Gasteiger partial charge is 0.368 e. The quantitative estimate of drug-likeness (QED) is 0.835. The second-order valence-corrected chi connectivity index (χ2v) is 6.67. The first-order chi connectivity index (χ1) is 11.7. The van der Waals surface area contributed by atoms with Gasteiger partial charge >= 0.3 is 0 Å². The van der Waals surface area contributed by atoms with Crippen LogP contribution in [0.25, 0.3) is 0 Å². The molecule has 1 aromatic carbocycles. The van der Waals surface area contributed by atoms with E-state index in [9.17, 15) is 4.79 Å². The third-order valence-corrected chi connectivity index (χ3v) is 5.02. The molecular formula is C18H25N3O2S. The monoisotopic (exact) mass is 347 g/mol. The lowest BCUT2D eigenvalue weighted by atomic mass is 10.1. The lowest BCUT2D eigenvalue weighted by Crippen LogP contribution is -2.54. The molecule has 0 unspecified atom stereocenters. The van der Waals surface area contributed by atoms with Crippen LogP contribution in [0, 0.1) is 0 Å². The number of nitrogens with one attached hydrogen (secondary N) is 1. The van der Waals surface area contributed by atoms with Crippen molar-refractivity contribution in [3.8, 4) is 0 Å². The molecule has 2 aliphatic rings. The molecule has 0 aliphatic carbocycles. The number of amides is 1. The van der Waals surface area contributed by atoms with Gasteiger partial charge in [-0.25, -0.2) is 0 Å². The number of rotatable bonds is 4. The minimum absolute atomic E-state index is 0.148. The summed E-state index contributed by atoms with van der Waals surface area (Å²) in [5.74, 6) is 0.148. The summed E-state index contributed by atoms with van der Waals surface area (Å²) >= 11 is 5.49. The van der Waals surface area contributed by atoms with E-state index >= 15 is 0 Å². The number of benzene rings is 1. The minimum Gasteiger partial charge on any atom is -0.368 e. The Bertz CT molecular complexity index is 553. The topological polar surface area (TPSA) is 44.8 Å². The summed E-state index contributed by atoms with van der Waals surface area (Å²) in [5.41, 5.74) is 1.31. The smallest absolute Gasteiger partial charge is 0.251 e. The van der Waals surface area contributed by atoms with Crippen LogP contribution >= 0.6 is 12.2 Å². The fraction of sp³-hybridized carbons (Fsp3) is 0.556. The average molecular weight is 347 g/mol. The van der Waals surface area contributed by atoms with E-state index in [0.29, 0.717) is 6.61 Å². The molecule has 0 saturated carbocycles. The van der Waals surface area contributed by atoms with Crippen molar-refractivity contribution in [2.24, 2.45) is 0 Å². The maximum atomic E-state index is 12.3. The van der Waals surface area contributed by atoms with Crippen LogP contribution in [0.2, 0.25) is 0 Å². The van der Waals surface area contributed by atoms with Crippen molar-refractivity contribution in [3.63, 3.8) is 0 Å². The summed E-state index contributed by atoms with van der Waals surface area (Å²) in [7, 11) is 0. The average Bonchev–Trinajstić information content (AvgIpc) is 3.17. The summed E-state index contributed by atoms with van der Waals surface area (Å²) in [5, 5.41) is 4.12. The molecule has 2 fully saturated rings. The van der Waals surface area contributed by atoms with Gasteiger partial charge in [0, 0.05) is 39.3 Å². The zero-order valence-corrected chi connectivity index (χ0v) is 14.8. The van der Waals surface area contributed by atoms with Crippen molar-refractivity contribution in [2.45, 2.75) is 25.4 Å². The lowest BCUT2D eigenvalue weighted by molar-refractivity contribution is -0.142. The standard InChI is InChI=1S/C18H25N3O2S/c22-17(16-7-4-14-23-16)20-10-12-21(13-11-20)18(24)19-9-8-15-5-2-1-3-6-15/h1-3,5-6,16H,4,7-14H2,(H,19,24)/t16-/m1/s1. The molecule has 1 amide bonds. The molecule has 1 atom stereocenters. The summed E-state index contributed by atoms with van der Waals surface area (Å²) in [4.78, 5) is 16.4. The second kappa shape index (κ2) is 8.44. The van der Waals surface area contributed by atoms with Crippen molar-refractivity contribution >= 4 is 23.2 Å². The molecule has 1 aromatic rings. The van der Waals surface area contributed by atoms with Crippen LogP contribution < -0.4 is 5.32 Å². The van der Waals surface area contributed by atoms with Crippen molar-refractivity contribution in [1.82, 2.24) is 15.1 Å². The fourth-order valence-electron chi connectivity index (χ4n) is 3.18. The van der Waals surface area contributed by atoms with Crippen LogP contribution in [0.1, 0.15) is 18.4 Å². The van der Waals surface area contributed by atoms with Crippen LogP contribution in [0.5, 0.6) is 0 Å². The van der Waals surface area contributed by atoms with E-state index < -0.39 is 0 Å². The van der Waals surface area contributed by atoms with E-state index in [-0.39, 0.29) is 12.0 Å². The molecule has 5 nitrogen and oxygen atoms in total. The van der Waals surface area contributed by atoms with E-state index in [2.05, 4.69) is 34.5 Å². The number of thiocarbonyl (C=S) groups is 1. The summed E-state index contributed by atoms with van der Waals surface area (Å²) < 4.78 is 5.49. The molecule has 6 heteroatoms. The van der Waals surface area contributed by atoms with Gasteiger partial charge in [0.15, 0.2) is 5.11 Å². The Balaban J connectivity index is 1.38. The lowest BCUT2D eigenvalue weighted by Gasteiger charge is -2.37. The minimum atomic E-state index is -0.215. The maximum absolute atomic E-state index is 12.3. The Morgan fingerprint density at radius 2 is 1.88 bits per heavy atom. The van der Waals surface area contributed by atoms with E-state index in [1.165, 1.54) is 5.56 Å². The van der Waals surface area contributed by atoms with Crippen LogP contribution in [0.15, 0.2) is 30.3 Å². The van der Waals surface area contributed by atoms with Gasteiger partial charge in [-0.15, -0.1) is 0 Å². The van der Waals surface area contributed by atoms with E-state index in [0.717, 1.165) is 57.1 Å². The molecule has 130 valence electrons. The van der Waals surface area contributed by atoms with Gasteiger partial charge in [0.1, 0.15) is 6.10 Å². The van der Waals surface area contributed by atoms with Gasteiger partial charge in [0.2, 0.25) is 0 Å². The van der Waals surface area contributed by atoms with Gasteiger partial charge in [0.25, 0.3) is 5.91 Å². The first kappa shape index (κ1) is 17.2. The fourth-order valence-corrected chi connectivity index (χ4v) is 3.46. The first-order valence-electron chi connectivity index (χ1n) is 8.71. The molecule has 24 heavy (non-hydrogen) atoms. The Labute approximate surface area is 149 Å². The van der Waals surface area contributed by atoms with E-state index in [1.54, 1.807) is 0 Å². The second-order valence-electron chi connectivity index (χ2n) is 6.28. The van der Waals surface area contributed by atoms with Crippen LogP contribution in [-0.2, 0) is 16.0 Å². The molecule has 2 saturated heterocycles. The number of hydrogen-bond donors (Lipinski definition) is 1. The molecule has 0 aromatic heterocycles. The van der Waals surface area contributed by atoms with E-state index in [1.807, 2.05) is 11.0 Å². The molecule has 2 aliphatic heterocycles. The molecule has 1 N–H and O–H groups in total. The highest BCUT2D eigenvalue weighted by Crippen LogP contribution is 2.16. The number of nitrogens with zero attached hydrogens (tertiary/aromatic N) is 2. The van der Waals surface area contributed by atoms with Crippen LogP contribution in [0.3, 0.4) is 0 Å². The molecule has 0 spiro atoms. The Morgan fingerprint density at radius 3 is 2.54 bits per heavy atom.